The van der Waals surface area contributed by atoms with Crippen LogP contribution in [0.25, 0.3) is 22.3 Å². The van der Waals surface area contributed by atoms with Crippen molar-refractivity contribution in [3.8, 4) is 17.1 Å². The van der Waals surface area contributed by atoms with E-state index < -0.39 is 37.3 Å². The summed E-state index contributed by atoms with van der Waals surface area (Å²) >= 11 is 0. The lowest BCUT2D eigenvalue weighted by Crippen LogP contribution is -2.44. The number of amides is 1. The Labute approximate surface area is 220 Å². The Balaban J connectivity index is 1.76. The van der Waals surface area contributed by atoms with Crippen LogP contribution in [0.1, 0.15) is 41.8 Å². The maximum Gasteiger partial charge on any atom is 0.343 e. The van der Waals surface area contributed by atoms with Gasteiger partial charge in [0.25, 0.3) is 11.5 Å². The number of aryl methyl sites for hydroxylation is 1. The minimum absolute atomic E-state index is 0.0256. The molecule has 2 aliphatic rings. The number of ether oxygens (including phenoxy) is 2. The lowest BCUT2D eigenvalue weighted by atomic mass is 9.86. The van der Waals surface area contributed by atoms with E-state index in [9.17, 15) is 24.6 Å². The van der Waals surface area contributed by atoms with Gasteiger partial charge in [0, 0.05) is 24.6 Å². The molecule has 10 nitrogen and oxygen atoms in total. The molecule has 0 bridgehead atoms. The number of nitrogens with two attached hydrogens (primary N) is 1. The number of primary amides is 1. The smallest absolute Gasteiger partial charge is 0.343 e. The fraction of sp³-hybridized carbons (Fsp3) is 0.407. The van der Waals surface area contributed by atoms with Crippen LogP contribution in [0, 0.1) is 0 Å². The Hall–Kier alpha value is -3.54. The van der Waals surface area contributed by atoms with Crippen molar-refractivity contribution < 1.29 is 29.3 Å². The van der Waals surface area contributed by atoms with Crippen molar-refractivity contribution in [2.24, 2.45) is 5.73 Å². The Morgan fingerprint density at radius 3 is 2.68 bits per heavy atom. The number of carbonyl (C=O) groups excluding carboxylic acids is 2. The molecule has 2 aromatic heterocycles. The number of aliphatic hydroxyl groups is 2. The number of hydrogen-bond donors (Lipinski definition) is 3. The molecule has 0 spiro atoms. The van der Waals surface area contributed by atoms with E-state index in [0.29, 0.717) is 34.6 Å². The molecule has 0 radical (unpaired) electrons. The standard InChI is InChI=1S/C27H31N3O7Si/c1-5-27(35)18-11-20-23-22(25(33)30(20)24(32)17(18)12-37-26(27)34)15(8-9-38(2,3)4)16-10-14(36-13-21(28)31)6-7-19(16)29-23/h6-7,10-11,25,33,35H,5,8-9,12-13H2,1-4H3,(H2,28,31)/t25?,27-/m0/s1. The predicted molar refractivity (Wildman–Crippen MR) is 142 cm³/mol. The van der Waals surface area contributed by atoms with Crippen LogP contribution in [0.5, 0.6) is 5.75 Å². The lowest BCUT2D eigenvalue weighted by Gasteiger charge is -2.31. The normalized spacial score (nSPS) is 20.1. The van der Waals surface area contributed by atoms with Crippen LogP contribution in [-0.2, 0) is 33.0 Å². The Bertz CT molecular complexity index is 1560. The summed E-state index contributed by atoms with van der Waals surface area (Å²) in [6.07, 6.45) is -0.650. The summed E-state index contributed by atoms with van der Waals surface area (Å²) in [7, 11) is -1.52. The van der Waals surface area contributed by atoms with Gasteiger partial charge in [-0.3, -0.25) is 14.2 Å². The SMILES string of the molecule is CC[C@@]1(O)C(=O)OCc2c1cc1n(c2=O)C(O)c2c-1nc1ccc(OCC(N)=O)cc1c2CC[Si](C)(C)C. The van der Waals surface area contributed by atoms with Gasteiger partial charge in [-0.1, -0.05) is 32.6 Å². The van der Waals surface area contributed by atoms with E-state index in [-0.39, 0.29) is 30.8 Å². The highest BCUT2D eigenvalue weighted by molar-refractivity contribution is 6.76. The first-order valence-corrected chi connectivity index (χ1v) is 16.3. The summed E-state index contributed by atoms with van der Waals surface area (Å²) in [6.45, 7) is 7.85. The first-order valence-electron chi connectivity index (χ1n) is 12.6. The molecule has 0 saturated heterocycles. The van der Waals surface area contributed by atoms with Gasteiger partial charge in [-0.2, -0.15) is 0 Å². The van der Waals surface area contributed by atoms with Gasteiger partial charge in [0.1, 0.15) is 12.4 Å². The number of pyridine rings is 2. The number of esters is 1. The van der Waals surface area contributed by atoms with Crippen LogP contribution in [0.15, 0.2) is 29.1 Å². The highest BCUT2D eigenvalue weighted by atomic mass is 28.3. The molecular weight excluding hydrogens is 506 g/mol. The average Bonchev–Trinajstić information content (AvgIpc) is 3.14. The topological polar surface area (TPSA) is 154 Å². The van der Waals surface area contributed by atoms with Gasteiger partial charge in [-0.05, 0) is 42.7 Å². The number of fused-ring (bicyclic) bond motifs is 5. The molecule has 1 amide bonds. The summed E-state index contributed by atoms with van der Waals surface area (Å²) < 4.78 is 11.9. The van der Waals surface area contributed by atoms with Crippen molar-refractivity contribution >= 4 is 30.9 Å². The first kappa shape index (κ1) is 26.1. The van der Waals surface area contributed by atoms with Gasteiger partial charge in [-0.25, -0.2) is 9.78 Å². The van der Waals surface area contributed by atoms with Crippen LogP contribution in [-0.4, -0.2) is 46.3 Å². The van der Waals surface area contributed by atoms with Crippen molar-refractivity contribution in [2.45, 2.75) is 63.9 Å². The van der Waals surface area contributed by atoms with Crippen molar-refractivity contribution in [3.63, 3.8) is 0 Å². The van der Waals surface area contributed by atoms with Crippen molar-refractivity contribution in [1.82, 2.24) is 9.55 Å². The molecule has 2 atom stereocenters. The van der Waals surface area contributed by atoms with Gasteiger partial charge in [0.15, 0.2) is 18.4 Å². The number of hydrogen-bond acceptors (Lipinski definition) is 8. The molecule has 4 N–H and O–H groups in total. The molecule has 11 heteroatoms. The highest BCUT2D eigenvalue weighted by Crippen LogP contribution is 2.44. The molecule has 1 aromatic carbocycles. The Morgan fingerprint density at radius 2 is 2.03 bits per heavy atom. The molecule has 5 rings (SSSR count). The van der Waals surface area contributed by atoms with Crippen LogP contribution >= 0.6 is 0 Å². The van der Waals surface area contributed by atoms with Gasteiger partial charge >= 0.3 is 5.97 Å². The van der Waals surface area contributed by atoms with Crippen LogP contribution in [0.4, 0.5) is 0 Å². The number of aliphatic hydroxyl groups excluding tert-OH is 1. The maximum absolute atomic E-state index is 13.6. The molecule has 38 heavy (non-hydrogen) atoms. The molecule has 0 aliphatic carbocycles. The van der Waals surface area contributed by atoms with Gasteiger partial charge in [-0.15, -0.1) is 0 Å². The second-order valence-corrected chi connectivity index (χ2v) is 16.7. The van der Waals surface area contributed by atoms with E-state index in [1.54, 1.807) is 31.2 Å². The molecule has 2 aliphatic heterocycles. The molecule has 0 fully saturated rings. The Kier molecular flexibility index (Phi) is 6.20. The summed E-state index contributed by atoms with van der Waals surface area (Å²) in [6, 6.07) is 7.72. The fourth-order valence-electron chi connectivity index (χ4n) is 5.24. The average molecular weight is 538 g/mol. The number of cyclic esters (lactones) is 1. The van der Waals surface area contributed by atoms with E-state index in [4.69, 9.17) is 20.2 Å². The van der Waals surface area contributed by atoms with Crippen molar-refractivity contribution in [3.05, 3.63) is 56.9 Å². The quantitative estimate of drug-likeness (QED) is 0.306. The van der Waals surface area contributed by atoms with E-state index >= 15 is 0 Å². The number of nitrogens with zero attached hydrogens (tertiary/aromatic N) is 2. The fourth-order valence-corrected chi connectivity index (χ4v) is 6.24. The van der Waals surface area contributed by atoms with Crippen LogP contribution < -0.4 is 16.0 Å². The van der Waals surface area contributed by atoms with Crippen LogP contribution in [0.2, 0.25) is 25.7 Å². The number of carbonyl (C=O) groups is 2. The Morgan fingerprint density at radius 1 is 1.29 bits per heavy atom. The molecular formula is C27H31N3O7Si. The third-order valence-corrected chi connectivity index (χ3v) is 9.09. The molecule has 0 saturated carbocycles. The van der Waals surface area contributed by atoms with Crippen molar-refractivity contribution in [1.29, 1.82) is 0 Å². The van der Waals surface area contributed by atoms with Gasteiger partial charge in [0.2, 0.25) is 0 Å². The maximum atomic E-state index is 13.6. The van der Waals surface area contributed by atoms with E-state index in [0.717, 1.165) is 17.0 Å². The molecule has 4 heterocycles. The molecule has 3 aromatic rings. The van der Waals surface area contributed by atoms with Crippen molar-refractivity contribution in [2.75, 3.05) is 6.61 Å². The second-order valence-electron chi connectivity index (χ2n) is 11.1. The summed E-state index contributed by atoms with van der Waals surface area (Å²) in [4.78, 5) is 42.2. The number of aromatic nitrogens is 2. The zero-order chi connectivity index (χ0) is 27.6. The largest absolute Gasteiger partial charge is 0.484 e. The summed E-state index contributed by atoms with van der Waals surface area (Å²) in [5, 5.41) is 23.4. The third kappa shape index (κ3) is 4.10. The zero-order valence-electron chi connectivity index (χ0n) is 21.8. The highest BCUT2D eigenvalue weighted by Gasteiger charge is 2.46. The summed E-state index contributed by atoms with van der Waals surface area (Å²) in [5.41, 5.74) is 5.81. The van der Waals surface area contributed by atoms with E-state index in [1.165, 1.54) is 4.57 Å². The summed E-state index contributed by atoms with van der Waals surface area (Å²) in [5.74, 6) is -0.963. The molecule has 200 valence electrons. The van der Waals surface area contributed by atoms with Gasteiger partial charge < -0.3 is 25.4 Å². The molecule has 1 unspecified atom stereocenters. The third-order valence-electron chi connectivity index (χ3n) is 7.34. The zero-order valence-corrected chi connectivity index (χ0v) is 22.8. The number of benzene rings is 1. The van der Waals surface area contributed by atoms with Crippen LogP contribution in [0.3, 0.4) is 0 Å². The first-order chi connectivity index (χ1) is 17.9. The predicted octanol–water partition coefficient (Wildman–Crippen LogP) is 2.32. The monoisotopic (exact) mass is 537 g/mol. The van der Waals surface area contributed by atoms with Gasteiger partial charge in [0.05, 0.1) is 22.5 Å². The lowest BCUT2D eigenvalue weighted by molar-refractivity contribution is -0.172. The minimum atomic E-state index is -1.96. The second kappa shape index (κ2) is 9.04. The van der Waals surface area contributed by atoms with E-state index in [1.807, 2.05) is 0 Å². The number of rotatable bonds is 7. The minimum Gasteiger partial charge on any atom is -0.484 e. The van der Waals surface area contributed by atoms with E-state index in [2.05, 4.69) is 19.6 Å².